The Labute approximate surface area is 148 Å². The van der Waals surface area contributed by atoms with Gasteiger partial charge in [0.05, 0.1) is 17.6 Å². The van der Waals surface area contributed by atoms with E-state index in [1.807, 2.05) is 0 Å². The Hall–Kier alpha value is -2.68. The molecule has 0 unspecified atom stereocenters. The molecule has 0 spiro atoms. The minimum absolute atomic E-state index is 0.0299. The molecule has 1 aromatic carbocycles. The molecule has 126 valence electrons. The number of imidazole rings is 1. The molecule has 0 radical (unpaired) electrons. The normalized spacial score (nSPS) is 12.2. The van der Waals surface area contributed by atoms with Gasteiger partial charge in [0.2, 0.25) is 0 Å². The van der Waals surface area contributed by atoms with Crippen LogP contribution < -0.4 is 4.57 Å². The van der Waals surface area contributed by atoms with Crippen LogP contribution in [0.4, 0.5) is 0 Å². The van der Waals surface area contributed by atoms with Crippen molar-refractivity contribution in [2.75, 3.05) is 0 Å². The summed E-state index contributed by atoms with van der Waals surface area (Å²) in [5.74, 6) is 0. The summed E-state index contributed by atoms with van der Waals surface area (Å²) in [6, 6.07) is 19.2. The Kier molecular flexibility index (Phi) is 3.60. The summed E-state index contributed by atoms with van der Waals surface area (Å²) in [6.07, 6.45) is 2.14. The Bertz CT molecular complexity index is 1050. The second-order valence-corrected chi connectivity index (χ2v) is 7.71. The Balaban J connectivity index is 2.04. The van der Waals surface area contributed by atoms with Crippen LogP contribution in [0.1, 0.15) is 37.7 Å². The van der Waals surface area contributed by atoms with Gasteiger partial charge in [0.15, 0.2) is 11.0 Å². The third-order valence-corrected chi connectivity index (χ3v) is 4.74. The molecule has 0 saturated heterocycles. The highest BCUT2D eigenvalue weighted by Crippen LogP contribution is 2.26. The summed E-state index contributed by atoms with van der Waals surface area (Å²) >= 11 is 0. The van der Waals surface area contributed by atoms with Crippen molar-refractivity contribution in [2.45, 2.75) is 39.7 Å². The predicted octanol–water partition coefficient (Wildman–Crippen LogP) is 4.43. The first-order chi connectivity index (χ1) is 11.9. The number of aromatic nitrogens is 3. The highest BCUT2D eigenvalue weighted by molar-refractivity contribution is 5.78. The summed E-state index contributed by atoms with van der Waals surface area (Å²) in [5, 5.41) is 0. The molecule has 0 aliphatic carbocycles. The zero-order chi connectivity index (χ0) is 17.6. The maximum absolute atomic E-state index is 4.94. The van der Waals surface area contributed by atoms with Gasteiger partial charge in [-0.1, -0.05) is 57.2 Å². The Morgan fingerprint density at radius 2 is 1.72 bits per heavy atom. The zero-order valence-corrected chi connectivity index (χ0v) is 15.3. The maximum atomic E-state index is 4.94. The number of pyridine rings is 2. The fraction of sp³-hybridized carbons (Fsp3) is 0.273. The minimum Gasteiger partial charge on any atom is -0.253 e. The molecule has 0 aliphatic heterocycles. The van der Waals surface area contributed by atoms with Crippen LogP contribution in [0.2, 0.25) is 0 Å². The molecule has 25 heavy (non-hydrogen) atoms. The highest BCUT2D eigenvalue weighted by atomic mass is 15.1. The van der Waals surface area contributed by atoms with Crippen molar-refractivity contribution in [3.8, 4) is 0 Å². The van der Waals surface area contributed by atoms with E-state index < -0.39 is 0 Å². The molecule has 0 atom stereocenters. The SMILES string of the molecule is Cc1nc(C(C)(C)C)cc2c1[n+](Cc1ccccc1)c1ccccn21. The van der Waals surface area contributed by atoms with E-state index in [-0.39, 0.29) is 5.41 Å². The van der Waals surface area contributed by atoms with Crippen LogP contribution in [0.15, 0.2) is 60.8 Å². The Morgan fingerprint density at radius 3 is 2.44 bits per heavy atom. The van der Waals surface area contributed by atoms with Gasteiger partial charge in [0.25, 0.3) is 5.65 Å². The van der Waals surface area contributed by atoms with Crippen LogP contribution in [-0.2, 0) is 12.0 Å². The van der Waals surface area contributed by atoms with Crippen LogP contribution >= 0.6 is 0 Å². The largest absolute Gasteiger partial charge is 0.287 e. The van der Waals surface area contributed by atoms with Crippen molar-refractivity contribution < 1.29 is 4.57 Å². The van der Waals surface area contributed by atoms with Gasteiger partial charge in [-0.2, -0.15) is 4.40 Å². The topological polar surface area (TPSA) is 21.2 Å². The maximum Gasteiger partial charge on any atom is 0.287 e. The van der Waals surface area contributed by atoms with E-state index in [0.29, 0.717) is 0 Å². The molecule has 4 rings (SSSR count). The lowest BCUT2D eigenvalue weighted by Gasteiger charge is -2.17. The summed E-state index contributed by atoms with van der Waals surface area (Å²) in [4.78, 5) is 4.94. The van der Waals surface area contributed by atoms with Crippen LogP contribution in [0.3, 0.4) is 0 Å². The van der Waals surface area contributed by atoms with Crippen molar-refractivity contribution in [1.82, 2.24) is 9.38 Å². The van der Waals surface area contributed by atoms with Gasteiger partial charge in [-0.3, -0.25) is 4.98 Å². The number of fused-ring (bicyclic) bond motifs is 3. The number of hydrogen-bond acceptors (Lipinski definition) is 1. The average molecular weight is 330 g/mol. The van der Waals surface area contributed by atoms with E-state index >= 15 is 0 Å². The molecule has 0 aliphatic rings. The predicted molar refractivity (Wildman–Crippen MR) is 102 cm³/mol. The van der Waals surface area contributed by atoms with E-state index in [0.717, 1.165) is 17.9 Å². The molecule has 3 heteroatoms. The van der Waals surface area contributed by atoms with Crippen LogP contribution in [0, 0.1) is 6.92 Å². The van der Waals surface area contributed by atoms with E-state index in [9.17, 15) is 0 Å². The van der Waals surface area contributed by atoms with Crippen molar-refractivity contribution in [3.63, 3.8) is 0 Å². The second-order valence-electron chi connectivity index (χ2n) is 7.71. The minimum atomic E-state index is 0.0299. The molecule has 3 nitrogen and oxygen atoms in total. The van der Waals surface area contributed by atoms with E-state index in [1.54, 1.807) is 0 Å². The molecule has 0 saturated carbocycles. The fourth-order valence-corrected chi connectivity index (χ4v) is 3.45. The van der Waals surface area contributed by atoms with Gasteiger partial charge >= 0.3 is 0 Å². The number of hydrogen-bond donors (Lipinski definition) is 0. The number of rotatable bonds is 2. The molecule has 3 aromatic heterocycles. The van der Waals surface area contributed by atoms with Crippen LogP contribution in [-0.4, -0.2) is 9.38 Å². The first-order valence-electron chi connectivity index (χ1n) is 8.80. The summed E-state index contributed by atoms with van der Waals surface area (Å²) in [6.45, 7) is 9.62. The Morgan fingerprint density at radius 1 is 1.00 bits per heavy atom. The lowest BCUT2D eigenvalue weighted by atomic mass is 9.91. The van der Waals surface area contributed by atoms with Gasteiger partial charge in [-0.05, 0) is 18.6 Å². The molecule has 0 N–H and O–H groups in total. The lowest BCUT2D eigenvalue weighted by Crippen LogP contribution is -2.34. The first-order valence-corrected chi connectivity index (χ1v) is 8.80. The van der Waals surface area contributed by atoms with Crippen molar-refractivity contribution in [3.05, 3.63) is 77.7 Å². The van der Waals surface area contributed by atoms with Crippen molar-refractivity contribution >= 4 is 16.7 Å². The van der Waals surface area contributed by atoms with E-state index in [2.05, 4.69) is 97.5 Å². The molecule has 0 bridgehead atoms. The number of aryl methyl sites for hydroxylation is 1. The summed E-state index contributed by atoms with van der Waals surface area (Å²) < 4.78 is 4.65. The number of nitrogens with zero attached hydrogens (tertiary/aromatic N) is 3. The van der Waals surface area contributed by atoms with Gasteiger partial charge < -0.3 is 0 Å². The number of benzene rings is 1. The molecule has 3 heterocycles. The summed E-state index contributed by atoms with van der Waals surface area (Å²) in [7, 11) is 0. The van der Waals surface area contributed by atoms with E-state index in [1.165, 1.54) is 22.2 Å². The molecular formula is C22H24N3+. The van der Waals surface area contributed by atoms with Gasteiger partial charge in [0, 0.05) is 17.5 Å². The van der Waals surface area contributed by atoms with Gasteiger partial charge in [0.1, 0.15) is 6.54 Å². The van der Waals surface area contributed by atoms with E-state index in [4.69, 9.17) is 4.98 Å². The molecule has 0 fully saturated rings. The van der Waals surface area contributed by atoms with Crippen molar-refractivity contribution in [1.29, 1.82) is 0 Å². The molecule has 0 amide bonds. The monoisotopic (exact) mass is 330 g/mol. The lowest BCUT2D eigenvalue weighted by molar-refractivity contribution is -0.636. The smallest absolute Gasteiger partial charge is 0.253 e. The quantitative estimate of drug-likeness (QED) is 0.498. The first kappa shape index (κ1) is 15.8. The molecule has 4 aromatic rings. The third-order valence-electron chi connectivity index (χ3n) is 4.74. The standard InChI is InChI=1S/C22H24N3/c1-16-21-18(14-19(23-16)22(2,3)4)24-13-9-8-12-20(24)25(21)15-17-10-6-5-7-11-17/h5-14H,15H2,1-4H3/q+1. The van der Waals surface area contributed by atoms with Crippen LogP contribution in [0.25, 0.3) is 16.7 Å². The molecular weight excluding hydrogens is 306 g/mol. The van der Waals surface area contributed by atoms with Gasteiger partial charge in [-0.15, -0.1) is 0 Å². The average Bonchev–Trinajstić information content (AvgIpc) is 2.90. The van der Waals surface area contributed by atoms with Crippen molar-refractivity contribution in [2.24, 2.45) is 0 Å². The van der Waals surface area contributed by atoms with Crippen LogP contribution in [0.5, 0.6) is 0 Å². The van der Waals surface area contributed by atoms with Gasteiger partial charge in [-0.25, -0.2) is 4.57 Å². The zero-order valence-electron chi connectivity index (χ0n) is 15.3. The fourth-order valence-electron chi connectivity index (χ4n) is 3.45. The second kappa shape index (κ2) is 5.69. The highest BCUT2D eigenvalue weighted by Gasteiger charge is 2.25. The summed E-state index contributed by atoms with van der Waals surface area (Å²) in [5.41, 5.74) is 7.17. The third kappa shape index (κ3) is 2.70.